The summed E-state index contributed by atoms with van der Waals surface area (Å²) in [6.45, 7) is 0. The van der Waals surface area contributed by atoms with E-state index in [4.69, 9.17) is 11.6 Å². The number of aliphatic imine (C=N–C) groups is 1. The average molecular weight is 490 g/mol. The van der Waals surface area contributed by atoms with Crippen LogP contribution < -0.4 is 5.32 Å². The Labute approximate surface area is 186 Å². The fourth-order valence-electron chi connectivity index (χ4n) is 3.40. The number of amides is 1. The molecule has 0 spiro atoms. The zero-order valence-electron chi connectivity index (χ0n) is 15.4. The highest BCUT2D eigenvalue weighted by atomic mass is 79.9. The molecule has 4 nitrogen and oxygen atoms in total. The number of phenols is 1. The van der Waals surface area contributed by atoms with Crippen molar-refractivity contribution >= 4 is 61.7 Å². The lowest BCUT2D eigenvalue weighted by Crippen LogP contribution is -2.14. The van der Waals surface area contributed by atoms with Gasteiger partial charge in [0.25, 0.3) is 5.91 Å². The first-order valence-corrected chi connectivity index (χ1v) is 11.2. The third kappa shape index (κ3) is 4.39. The second kappa shape index (κ2) is 8.69. The summed E-state index contributed by atoms with van der Waals surface area (Å²) in [5.74, 6) is -0.186. The summed E-state index contributed by atoms with van der Waals surface area (Å²) in [5.41, 5.74) is 2.97. The van der Waals surface area contributed by atoms with Crippen molar-refractivity contribution in [1.82, 2.24) is 0 Å². The molecule has 0 saturated heterocycles. The summed E-state index contributed by atoms with van der Waals surface area (Å²) in [6, 6.07) is 12.8. The van der Waals surface area contributed by atoms with E-state index in [1.54, 1.807) is 29.7 Å². The van der Waals surface area contributed by atoms with E-state index in [1.807, 2.05) is 30.3 Å². The van der Waals surface area contributed by atoms with Gasteiger partial charge in [0.2, 0.25) is 0 Å². The second-order valence-electron chi connectivity index (χ2n) is 6.79. The third-order valence-corrected chi connectivity index (χ3v) is 6.74. The number of halogens is 2. The van der Waals surface area contributed by atoms with Gasteiger partial charge in [-0.25, -0.2) is 4.99 Å². The molecule has 1 amide bonds. The number of fused-ring (bicyclic) bond motifs is 1. The Bertz CT molecular complexity index is 1100. The van der Waals surface area contributed by atoms with Crippen LogP contribution in [0.2, 0.25) is 5.02 Å². The molecule has 148 valence electrons. The van der Waals surface area contributed by atoms with Gasteiger partial charge >= 0.3 is 0 Å². The molecule has 1 aromatic heterocycles. The Morgan fingerprint density at radius 3 is 2.76 bits per heavy atom. The van der Waals surface area contributed by atoms with E-state index in [0.717, 1.165) is 41.4 Å². The van der Waals surface area contributed by atoms with Crippen LogP contribution in [0.5, 0.6) is 5.75 Å². The van der Waals surface area contributed by atoms with Crippen molar-refractivity contribution < 1.29 is 9.90 Å². The number of hydrogen-bond acceptors (Lipinski definition) is 4. The zero-order chi connectivity index (χ0) is 20.4. The number of carbonyl (C=O) groups is 1. The number of thiophene rings is 1. The second-order valence-corrected chi connectivity index (χ2v) is 9.20. The largest absolute Gasteiger partial charge is 0.506 e. The number of anilines is 1. The van der Waals surface area contributed by atoms with E-state index < -0.39 is 0 Å². The molecule has 1 aliphatic carbocycles. The molecule has 0 aliphatic heterocycles. The van der Waals surface area contributed by atoms with Gasteiger partial charge < -0.3 is 10.4 Å². The molecule has 1 aliphatic rings. The average Bonchev–Trinajstić information content (AvgIpc) is 3.09. The summed E-state index contributed by atoms with van der Waals surface area (Å²) in [4.78, 5) is 18.9. The number of nitrogens with one attached hydrogen (secondary N) is 1. The standard InChI is InChI=1S/C22H18BrClN2O2S/c23-14-10-13(20(27)17(24)11-14)12-25-22-19(16-8-4-5-9-18(16)29-22)21(28)26-15-6-2-1-3-7-15/h1-3,6-7,10-12,27H,4-5,8-9H2,(H,26,28). The van der Waals surface area contributed by atoms with Gasteiger partial charge in [-0.1, -0.05) is 45.7 Å². The van der Waals surface area contributed by atoms with Crippen LogP contribution in [-0.4, -0.2) is 17.2 Å². The minimum absolute atomic E-state index is 0.0322. The van der Waals surface area contributed by atoms with Gasteiger partial charge in [-0.3, -0.25) is 4.79 Å². The smallest absolute Gasteiger partial charge is 0.259 e. The molecule has 7 heteroatoms. The molecule has 3 aromatic rings. The molecule has 0 unspecified atom stereocenters. The molecule has 0 fully saturated rings. The number of rotatable bonds is 4. The lowest BCUT2D eigenvalue weighted by molar-refractivity contribution is 0.102. The number of carbonyl (C=O) groups excluding carboxylic acids is 1. The van der Waals surface area contributed by atoms with Crippen molar-refractivity contribution in [3.8, 4) is 5.75 Å². The van der Waals surface area contributed by atoms with E-state index in [-0.39, 0.29) is 16.7 Å². The molecule has 1 heterocycles. The minimum Gasteiger partial charge on any atom is -0.506 e. The van der Waals surface area contributed by atoms with Gasteiger partial charge in [0, 0.05) is 26.8 Å². The van der Waals surface area contributed by atoms with Gasteiger partial charge in [0.1, 0.15) is 10.8 Å². The van der Waals surface area contributed by atoms with Crippen molar-refractivity contribution in [3.63, 3.8) is 0 Å². The van der Waals surface area contributed by atoms with Crippen molar-refractivity contribution in [2.45, 2.75) is 25.7 Å². The van der Waals surface area contributed by atoms with E-state index in [0.29, 0.717) is 16.1 Å². The summed E-state index contributed by atoms with van der Waals surface area (Å²) in [5, 5.41) is 14.1. The van der Waals surface area contributed by atoms with E-state index in [2.05, 4.69) is 26.2 Å². The first-order valence-electron chi connectivity index (χ1n) is 9.26. The number of phenolic OH excluding ortho intramolecular Hbond substituents is 1. The van der Waals surface area contributed by atoms with Crippen molar-refractivity contribution in [3.05, 3.63) is 73.5 Å². The Hall–Kier alpha value is -2.15. The maximum absolute atomic E-state index is 13.1. The van der Waals surface area contributed by atoms with Crippen LogP contribution in [0.4, 0.5) is 10.7 Å². The van der Waals surface area contributed by atoms with Gasteiger partial charge in [-0.15, -0.1) is 11.3 Å². The Kier molecular flexibility index (Phi) is 6.04. The molecule has 0 saturated carbocycles. The summed E-state index contributed by atoms with van der Waals surface area (Å²) in [7, 11) is 0. The quantitative estimate of drug-likeness (QED) is 0.398. The first-order chi connectivity index (χ1) is 14.0. The molecule has 2 N–H and O–H groups in total. The molecular formula is C22H18BrClN2O2S. The van der Waals surface area contributed by atoms with Crippen LogP contribution in [0.3, 0.4) is 0 Å². The van der Waals surface area contributed by atoms with Gasteiger partial charge in [-0.2, -0.15) is 0 Å². The first kappa shape index (κ1) is 20.1. The predicted molar refractivity (Wildman–Crippen MR) is 123 cm³/mol. The van der Waals surface area contributed by atoms with Crippen LogP contribution >= 0.6 is 38.9 Å². The highest BCUT2D eigenvalue weighted by molar-refractivity contribution is 9.10. The van der Waals surface area contributed by atoms with Crippen LogP contribution in [0.1, 0.15) is 39.2 Å². The fourth-order valence-corrected chi connectivity index (χ4v) is 5.47. The highest BCUT2D eigenvalue weighted by Crippen LogP contribution is 2.40. The summed E-state index contributed by atoms with van der Waals surface area (Å²) in [6.07, 6.45) is 5.60. The fraction of sp³-hybridized carbons (Fsp3) is 0.182. The third-order valence-electron chi connectivity index (χ3n) is 4.79. The maximum Gasteiger partial charge on any atom is 0.259 e. The zero-order valence-corrected chi connectivity index (χ0v) is 18.6. The topological polar surface area (TPSA) is 61.7 Å². The SMILES string of the molecule is O=C(Nc1ccccc1)c1c(N=Cc2cc(Br)cc(Cl)c2O)sc2c1CCCC2. The molecule has 4 rings (SSSR count). The number of benzene rings is 2. The monoisotopic (exact) mass is 488 g/mol. The summed E-state index contributed by atoms with van der Waals surface area (Å²) < 4.78 is 0.745. The Morgan fingerprint density at radius 1 is 1.21 bits per heavy atom. The van der Waals surface area contributed by atoms with Crippen LogP contribution in [0, 0.1) is 0 Å². The van der Waals surface area contributed by atoms with E-state index in [9.17, 15) is 9.90 Å². The van der Waals surface area contributed by atoms with Crippen molar-refractivity contribution in [1.29, 1.82) is 0 Å². The molecule has 0 radical (unpaired) electrons. The number of aryl methyl sites for hydroxylation is 1. The molecule has 0 atom stereocenters. The number of aromatic hydroxyl groups is 1. The van der Waals surface area contributed by atoms with Gasteiger partial charge in [0.15, 0.2) is 0 Å². The van der Waals surface area contributed by atoms with Crippen molar-refractivity contribution in [2.24, 2.45) is 4.99 Å². The Morgan fingerprint density at radius 2 is 1.97 bits per heavy atom. The van der Waals surface area contributed by atoms with Gasteiger partial charge in [0.05, 0.1) is 10.6 Å². The molecule has 29 heavy (non-hydrogen) atoms. The van der Waals surface area contributed by atoms with Crippen molar-refractivity contribution in [2.75, 3.05) is 5.32 Å². The molecule has 0 bridgehead atoms. The normalized spacial score (nSPS) is 13.4. The predicted octanol–water partition coefficient (Wildman–Crippen LogP) is 6.75. The molecule has 2 aromatic carbocycles. The summed E-state index contributed by atoms with van der Waals surface area (Å²) >= 11 is 11.0. The van der Waals surface area contributed by atoms with Crippen LogP contribution in [-0.2, 0) is 12.8 Å². The minimum atomic E-state index is -0.153. The molecular weight excluding hydrogens is 472 g/mol. The van der Waals surface area contributed by atoms with Crippen LogP contribution in [0.15, 0.2) is 51.9 Å². The van der Waals surface area contributed by atoms with E-state index >= 15 is 0 Å². The number of hydrogen-bond donors (Lipinski definition) is 2. The maximum atomic E-state index is 13.1. The van der Waals surface area contributed by atoms with Gasteiger partial charge in [-0.05, 0) is 55.5 Å². The Balaban J connectivity index is 1.72. The van der Waals surface area contributed by atoms with Crippen LogP contribution in [0.25, 0.3) is 0 Å². The number of para-hydroxylation sites is 1. The lowest BCUT2D eigenvalue weighted by Gasteiger charge is -2.12. The highest BCUT2D eigenvalue weighted by Gasteiger charge is 2.25. The van der Waals surface area contributed by atoms with E-state index in [1.165, 1.54) is 4.88 Å². The number of nitrogens with zero attached hydrogens (tertiary/aromatic N) is 1. The lowest BCUT2D eigenvalue weighted by atomic mass is 9.95.